The SMILES string of the molecule is CN(CCCn1ccc2cc(CNC[C@H](O)c3ccc(O)c4c3C=CON4)ccc21)[C@H]1CC[C@H](OC(=O)C(O)(c2cccs2)c2cccs2)CC1.F.F. The fourth-order valence-corrected chi connectivity index (χ4v) is 8.93. The number of esters is 1. The average molecular weight is 769 g/mol. The number of halogens is 2. The summed E-state index contributed by atoms with van der Waals surface area (Å²) in [5.74, 6) is -0.512. The second-order valence-corrected chi connectivity index (χ2v) is 15.3. The van der Waals surface area contributed by atoms with Crippen LogP contribution < -0.4 is 10.8 Å². The van der Waals surface area contributed by atoms with Crippen molar-refractivity contribution in [2.24, 2.45) is 0 Å². The Bertz CT molecular complexity index is 1930. The van der Waals surface area contributed by atoms with Crippen LogP contribution in [0.5, 0.6) is 5.75 Å². The van der Waals surface area contributed by atoms with Crippen molar-refractivity contribution in [3.05, 3.63) is 110 Å². The monoisotopic (exact) mass is 768 g/mol. The van der Waals surface area contributed by atoms with E-state index in [0.29, 0.717) is 45.7 Å². The van der Waals surface area contributed by atoms with Crippen LogP contribution in [0.1, 0.15) is 64.7 Å². The fourth-order valence-electron chi connectivity index (χ4n) is 7.22. The number of nitrogens with one attached hydrogen (secondary N) is 2. The number of thiophene rings is 2. The lowest BCUT2D eigenvalue weighted by atomic mass is 9.91. The molecule has 3 aromatic heterocycles. The number of aryl methyl sites for hydroxylation is 1. The third-order valence-electron chi connectivity index (χ3n) is 10.1. The van der Waals surface area contributed by atoms with Gasteiger partial charge in [-0.15, -0.1) is 22.7 Å². The largest absolute Gasteiger partial charge is 0.506 e. The molecule has 2 aliphatic rings. The van der Waals surface area contributed by atoms with E-state index in [2.05, 4.69) is 57.8 Å². The van der Waals surface area contributed by atoms with E-state index in [0.717, 1.165) is 50.8 Å². The van der Waals surface area contributed by atoms with E-state index in [-0.39, 0.29) is 21.3 Å². The third-order valence-corrected chi connectivity index (χ3v) is 12.0. The van der Waals surface area contributed by atoms with Crippen molar-refractivity contribution in [3.8, 4) is 5.75 Å². The summed E-state index contributed by atoms with van der Waals surface area (Å²) in [4.78, 5) is 22.1. The number of ether oxygens (including phenoxy) is 1. The van der Waals surface area contributed by atoms with Gasteiger partial charge in [-0.1, -0.05) is 24.3 Å². The van der Waals surface area contributed by atoms with Crippen LogP contribution >= 0.6 is 22.7 Å². The highest BCUT2D eigenvalue weighted by atomic mass is 32.1. The van der Waals surface area contributed by atoms with Gasteiger partial charge in [-0.2, -0.15) is 0 Å². The van der Waals surface area contributed by atoms with E-state index < -0.39 is 17.7 Å². The van der Waals surface area contributed by atoms with E-state index in [1.807, 2.05) is 22.9 Å². The maximum absolute atomic E-state index is 13.4. The number of anilines is 1. The number of carbonyl (C=O) groups excluding carboxylic acids is 1. The first kappa shape index (κ1) is 39.9. The molecule has 4 heterocycles. The predicted octanol–water partition coefficient (Wildman–Crippen LogP) is 7.04. The molecule has 0 bridgehead atoms. The van der Waals surface area contributed by atoms with Crippen LogP contribution in [0.2, 0.25) is 0 Å². The standard InChI is InChI=1S/C39H44N4O6S2.2FH/c1-42(28-8-10-29(11-9-28)49-38(46)39(47,35-5-2-21-50-35)36-6-3-22-51-36)17-4-18-43-19-15-27-23-26(7-13-32(27)43)24-40-25-34(45)30-12-14-33(44)37-31(30)16-20-48-41-37;;/h2-3,5-7,12-16,19-23,28-29,34,40-41,44-45,47H,4,8-11,17-18,24-25H2,1H3;2*1H/t28-,29-,34-;;/m0../s1. The van der Waals surface area contributed by atoms with Gasteiger partial charge in [0, 0.05) is 43.0 Å². The second-order valence-electron chi connectivity index (χ2n) is 13.4. The molecular formula is C39H46F2N4O6S2. The number of aliphatic hydroxyl groups excluding tert-OH is 1. The van der Waals surface area contributed by atoms with Crippen LogP contribution in [0.25, 0.3) is 17.0 Å². The Morgan fingerprint density at radius 3 is 2.51 bits per heavy atom. The molecule has 1 fully saturated rings. The molecule has 0 radical (unpaired) electrons. The van der Waals surface area contributed by atoms with Gasteiger partial charge in [0.05, 0.1) is 15.9 Å². The molecule has 2 aromatic carbocycles. The maximum atomic E-state index is 13.4. The summed E-state index contributed by atoms with van der Waals surface area (Å²) in [7, 11) is 2.19. The van der Waals surface area contributed by atoms with E-state index in [9.17, 15) is 20.1 Å². The van der Waals surface area contributed by atoms with Crippen molar-refractivity contribution < 1.29 is 39.1 Å². The Morgan fingerprint density at radius 1 is 1.08 bits per heavy atom. The van der Waals surface area contributed by atoms with Crippen LogP contribution in [-0.4, -0.2) is 63.0 Å². The Hall–Kier alpha value is -4.31. The van der Waals surface area contributed by atoms with E-state index >= 15 is 0 Å². The van der Waals surface area contributed by atoms with Crippen molar-refractivity contribution >= 4 is 51.3 Å². The zero-order chi connectivity index (χ0) is 35.4. The smallest absolute Gasteiger partial charge is 0.349 e. The van der Waals surface area contributed by atoms with Crippen molar-refractivity contribution in [3.63, 3.8) is 0 Å². The lowest BCUT2D eigenvalue weighted by molar-refractivity contribution is -0.169. The first-order chi connectivity index (χ1) is 24.8. The summed E-state index contributed by atoms with van der Waals surface area (Å²) in [5, 5.41) is 40.8. The van der Waals surface area contributed by atoms with Gasteiger partial charge in [0.1, 0.15) is 23.8 Å². The van der Waals surface area contributed by atoms with Crippen molar-refractivity contribution in [2.75, 3.05) is 25.6 Å². The molecule has 1 atom stereocenters. The molecule has 0 spiro atoms. The molecule has 284 valence electrons. The molecule has 1 aliphatic carbocycles. The summed E-state index contributed by atoms with van der Waals surface area (Å²) in [6, 6.07) is 19.6. The van der Waals surface area contributed by atoms with Gasteiger partial charge >= 0.3 is 5.97 Å². The summed E-state index contributed by atoms with van der Waals surface area (Å²) >= 11 is 2.72. The van der Waals surface area contributed by atoms with Gasteiger partial charge < -0.3 is 39.7 Å². The minimum atomic E-state index is -1.76. The number of benzene rings is 2. The minimum absolute atomic E-state index is 0. The minimum Gasteiger partial charge on any atom is -0.506 e. The van der Waals surface area contributed by atoms with E-state index in [1.165, 1.54) is 39.8 Å². The highest BCUT2D eigenvalue weighted by Crippen LogP contribution is 2.39. The number of aromatic nitrogens is 1. The molecule has 0 amide bonds. The summed E-state index contributed by atoms with van der Waals surface area (Å²) < 4.78 is 8.26. The van der Waals surface area contributed by atoms with Gasteiger partial charge in [-0.3, -0.25) is 9.41 Å². The first-order valence-corrected chi connectivity index (χ1v) is 19.2. The number of phenols is 1. The van der Waals surface area contributed by atoms with Crippen molar-refractivity contribution in [2.45, 2.75) is 69.0 Å². The van der Waals surface area contributed by atoms with Gasteiger partial charge in [0.15, 0.2) is 0 Å². The van der Waals surface area contributed by atoms with Crippen LogP contribution in [0.4, 0.5) is 15.1 Å². The Morgan fingerprint density at radius 2 is 1.81 bits per heavy atom. The van der Waals surface area contributed by atoms with Crippen LogP contribution in [0, 0.1) is 0 Å². The zero-order valence-corrected chi connectivity index (χ0v) is 31.0. The number of aromatic hydroxyl groups is 1. The molecule has 1 saturated carbocycles. The highest BCUT2D eigenvalue weighted by Gasteiger charge is 2.45. The average Bonchev–Trinajstić information content (AvgIpc) is 3.96. The van der Waals surface area contributed by atoms with Gasteiger partial charge in [-0.25, -0.2) is 10.3 Å². The van der Waals surface area contributed by atoms with Gasteiger partial charge in [0.2, 0.25) is 5.60 Å². The van der Waals surface area contributed by atoms with Crippen molar-refractivity contribution in [1.29, 1.82) is 0 Å². The Kier molecular flexibility index (Phi) is 13.3. The predicted molar refractivity (Wildman–Crippen MR) is 206 cm³/mol. The lowest BCUT2D eigenvalue weighted by Crippen LogP contribution is -2.42. The topological polar surface area (TPSA) is 128 Å². The highest BCUT2D eigenvalue weighted by molar-refractivity contribution is 7.12. The summed E-state index contributed by atoms with van der Waals surface area (Å²) in [6.07, 6.45) is 8.91. The molecule has 7 rings (SSSR count). The van der Waals surface area contributed by atoms with Gasteiger partial charge in [-0.05, 0) is 115 Å². The number of fused-ring (bicyclic) bond motifs is 2. The number of hydrogen-bond acceptors (Lipinski definition) is 11. The fraction of sp³-hybridized carbons (Fsp3) is 0.359. The molecule has 0 saturated heterocycles. The van der Waals surface area contributed by atoms with Gasteiger partial charge in [0.25, 0.3) is 0 Å². The van der Waals surface area contributed by atoms with E-state index in [4.69, 9.17) is 9.57 Å². The third kappa shape index (κ3) is 8.58. The second kappa shape index (κ2) is 17.7. The lowest BCUT2D eigenvalue weighted by Gasteiger charge is -2.35. The number of aliphatic hydroxyl groups is 2. The number of rotatable bonds is 14. The Labute approximate surface area is 315 Å². The molecule has 1 aliphatic heterocycles. The molecule has 53 heavy (non-hydrogen) atoms. The maximum Gasteiger partial charge on any atom is 0.349 e. The quantitative estimate of drug-likeness (QED) is 0.0598. The number of phenolic OH excluding ortho intramolecular Hbond substituents is 1. The first-order valence-electron chi connectivity index (χ1n) is 17.4. The van der Waals surface area contributed by atoms with Crippen LogP contribution in [0.15, 0.2) is 83.9 Å². The molecular weight excluding hydrogens is 723 g/mol. The molecule has 14 heteroatoms. The number of carbonyl (C=O) groups is 1. The molecule has 10 nitrogen and oxygen atoms in total. The molecule has 5 N–H and O–H groups in total. The normalized spacial score (nSPS) is 17.3. The van der Waals surface area contributed by atoms with Crippen LogP contribution in [-0.2, 0) is 33.1 Å². The Balaban J connectivity index is 0.00000271. The number of nitrogens with zero attached hydrogens (tertiary/aromatic N) is 2. The zero-order valence-electron chi connectivity index (χ0n) is 29.4. The molecule has 5 aromatic rings. The van der Waals surface area contributed by atoms with Crippen LogP contribution in [0.3, 0.4) is 0 Å². The van der Waals surface area contributed by atoms with E-state index in [1.54, 1.807) is 30.3 Å². The van der Waals surface area contributed by atoms with Crippen molar-refractivity contribution in [1.82, 2.24) is 14.8 Å². The summed E-state index contributed by atoms with van der Waals surface area (Å²) in [5.41, 5.74) is 5.14. The summed E-state index contributed by atoms with van der Waals surface area (Å²) in [6.45, 7) is 2.87. The number of hydrogen-bond donors (Lipinski definition) is 5. The molecule has 0 unspecified atom stereocenters.